The van der Waals surface area contributed by atoms with E-state index in [1.54, 1.807) is 6.19 Å². The Labute approximate surface area is 40.6 Å². The summed E-state index contributed by atoms with van der Waals surface area (Å²) >= 11 is 0. The summed E-state index contributed by atoms with van der Waals surface area (Å²) in [6.45, 7) is 0. The maximum atomic E-state index is 9.86. The second kappa shape index (κ2) is 3.36. The fourth-order valence-electron chi connectivity index (χ4n) is 0.0913. The molecular weight excluding hydrogens is 98.0 g/mol. The van der Waals surface area contributed by atoms with Gasteiger partial charge in [0, 0.05) is 0 Å². The molecule has 5 heteroatoms. The molecule has 0 saturated heterocycles. The molecule has 1 atom stereocenters. The van der Waals surface area contributed by atoms with Gasteiger partial charge in [0.2, 0.25) is 0 Å². The van der Waals surface area contributed by atoms with Crippen molar-refractivity contribution in [3.63, 3.8) is 0 Å². The molecule has 0 saturated carbocycles. The lowest BCUT2D eigenvalue weighted by Gasteiger charge is -1.99. The Morgan fingerprint density at radius 2 is 2.57 bits per heavy atom. The van der Waals surface area contributed by atoms with Crippen molar-refractivity contribution in [1.29, 1.82) is 0 Å². The van der Waals surface area contributed by atoms with Crippen LogP contribution < -0.4 is 5.23 Å². The number of hydrogen-bond acceptors (Lipinski definition) is 2. The van der Waals surface area contributed by atoms with Crippen molar-refractivity contribution in [3.05, 3.63) is 16.0 Å². The molecule has 7 heavy (non-hydrogen) atoms. The topological polar surface area (TPSA) is 64.9 Å². The van der Waals surface area contributed by atoms with E-state index in [-0.39, 0.29) is 0 Å². The normalized spacial score (nSPS) is 11.7. The summed E-state index contributed by atoms with van der Waals surface area (Å²) < 4.78 is 0. The van der Waals surface area contributed by atoms with E-state index in [0.717, 1.165) is 0 Å². The largest absolute Gasteiger partial charge is 0.582 e. The zero-order valence-corrected chi connectivity index (χ0v) is 3.76. The highest BCUT2D eigenvalue weighted by molar-refractivity contribution is 4.71. The third-order valence-corrected chi connectivity index (χ3v) is 0.333. The van der Waals surface area contributed by atoms with Gasteiger partial charge in [0.05, 0.1) is 7.11 Å². The first-order chi connectivity index (χ1) is 3.31. The maximum Gasteiger partial charge on any atom is 0.558 e. The molecule has 0 bridgehead atoms. The van der Waals surface area contributed by atoms with Crippen LogP contribution in [0.3, 0.4) is 0 Å². The van der Waals surface area contributed by atoms with E-state index in [9.17, 15) is 5.21 Å². The van der Waals surface area contributed by atoms with Crippen molar-refractivity contribution in [2.45, 2.75) is 0 Å². The first-order valence-electron chi connectivity index (χ1n) is 1.51. The van der Waals surface area contributed by atoms with Crippen LogP contribution in [0.25, 0.3) is 10.8 Å². The summed E-state index contributed by atoms with van der Waals surface area (Å²) in [5.74, 6) is 6.05. The van der Waals surface area contributed by atoms with Gasteiger partial charge in [-0.15, -0.1) is 0 Å². The SMILES string of the molecule is CO[NH+]([O-])C#[N+][NH-]. The summed E-state index contributed by atoms with van der Waals surface area (Å²) in [6.07, 6.45) is 1.73. The van der Waals surface area contributed by atoms with E-state index in [1.807, 2.05) is 0 Å². The van der Waals surface area contributed by atoms with Crippen LogP contribution in [-0.2, 0) is 4.84 Å². The summed E-state index contributed by atoms with van der Waals surface area (Å²) in [5, 5.41) is 9.14. The molecule has 0 heterocycles. The molecule has 1 unspecified atom stereocenters. The van der Waals surface area contributed by atoms with Crippen molar-refractivity contribution in [3.8, 4) is 6.19 Å². The van der Waals surface area contributed by atoms with Crippen molar-refractivity contribution in [1.82, 2.24) is 0 Å². The van der Waals surface area contributed by atoms with Crippen molar-refractivity contribution < 1.29 is 10.1 Å². The molecule has 40 valence electrons. The molecule has 0 aliphatic rings. The average molecular weight is 103 g/mol. The molecule has 0 aromatic rings. The highest BCUT2D eigenvalue weighted by atomic mass is 16.9. The number of nitrogens with one attached hydrogen (secondary N) is 2. The zero-order valence-electron chi connectivity index (χ0n) is 3.76. The zero-order chi connectivity index (χ0) is 5.70. The molecule has 0 aliphatic carbocycles. The van der Waals surface area contributed by atoms with Crippen LogP contribution in [0, 0.1) is 11.4 Å². The summed E-state index contributed by atoms with van der Waals surface area (Å²) in [5.41, 5.74) is 0. The van der Waals surface area contributed by atoms with Gasteiger partial charge in [0.1, 0.15) is 0 Å². The lowest BCUT2D eigenvalue weighted by Crippen LogP contribution is -3.01. The number of quaternary nitrogens is 1. The van der Waals surface area contributed by atoms with Gasteiger partial charge >= 0.3 is 6.19 Å². The minimum Gasteiger partial charge on any atom is -0.582 e. The van der Waals surface area contributed by atoms with Crippen LogP contribution in [0.4, 0.5) is 0 Å². The predicted octanol–water partition coefficient (Wildman–Crippen LogP) is -0.812. The minimum absolute atomic E-state index is 0.727. The van der Waals surface area contributed by atoms with Crippen LogP contribution in [-0.4, -0.2) is 7.11 Å². The second-order valence-electron chi connectivity index (χ2n) is 0.715. The molecule has 5 nitrogen and oxygen atoms in total. The number of hydroxylamine groups is 2. The van der Waals surface area contributed by atoms with E-state index in [4.69, 9.17) is 5.84 Å². The molecule has 0 aromatic carbocycles. The third kappa shape index (κ3) is 2.99. The minimum atomic E-state index is -0.727. The summed E-state index contributed by atoms with van der Waals surface area (Å²) in [7, 11) is 1.19. The first kappa shape index (κ1) is 6.17. The van der Waals surface area contributed by atoms with Crippen molar-refractivity contribution in [2.75, 3.05) is 7.11 Å². The number of rotatable bonds is 1. The summed E-state index contributed by atoms with van der Waals surface area (Å²) in [6, 6.07) is 0. The molecular formula is C2H5N3O2. The Morgan fingerprint density at radius 3 is 2.71 bits per heavy atom. The van der Waals surface area contributed by atoms with Crippen LogP contribution in [0.5, 0.6) is 0 Å². The maximum absolute atomic E-state index is 9.86. The standard InChI is InChI=1S/C2H5N3O2/c1-7-5(6)2-4-3/h3,5H,1H3. The molecule has 0 spiro atoms. The van der Waals surface area contributed by atoms with Crippen molar-refractivity contribution in [2.24, 2.45) is 0 Å². The Bertz CT molecular complexity index is 92.8. The van der Waals surface area contributed by atoms with Crippen LogP contribution in [0.1, 0.15) is 0 Å². The Balaban J connectivity index is 3.29. The van der Waals surface area contributed by atoms with Gasteiger partial charge in [-0.1, -0.05) is 5.23 Å². The Kier molecular flexibility index (Phi) is 2.96. The van der Waals surface area contributed by atoms with E-state index in [1.165, 1.54) is 7.11 Å². The van der Waals surface area contributed by atoms with E-state index < -0.39 is 5.23 Å². The molecule has 2 N–H and O–H groups in total. The molecule has 0 aliphatic heterocycles. The smallest absolute Gasteiger partial charge is 0.558 e. The third-order valence-electron chi connectivity index (χ3n) is 0.333. The van der Waals surface area contributed by atoms with Crippen molar-refractivity contribution >= 4 is 0 Å². The highest BCUT2D eigenvalue weighted by Crippen LogP contribution is 1.49. The Morgan fingerprint density at radius 1 is 2.00 bits per heavy atom. The molecule has 0 amide bonds. The van der Waals surface area contributed by atoms with E-state index in [0.29, 0.717) is 0 Å². The van der Waals surface area contributed by atoms with Gasteiger partial charge in [0.15, 0.2) is 0 Å². The van der Waals surface area contributed by atoms with E-state index >= 15 is 0 Å². The van der Waals surface area contributed by atoms with Gasteiger partial charge in [-0.25, -0.2) is 0 Å². The molecule has 0 fully saturated rings. The van der Waals surface area contributed by atoms with Crippen LogP contribution in [0.2, 0.25) is 0 Å². The van der Waals surface area contributed by atoms with Gasteiger partial charge in [-0.3, -0.25) is 0 Å². The summed E-state index contributed by atoms with van der Waals surface area (Å²) in [4.78, 5) is 6.56. The predicted molar refractivity (Wildman–Crippen MR) is 22.9 cm³/mol. The van der Waals surface area contributed by atoms with Gasteiger partial charge in [-0.05, 0) is 4.95 Å². The van der Waals surface area contributed by atoms with Crippen LogP contribution >= 0.6 is 0 Å². The molecule has 0 aromatic heterocycles. The van der Waals surface area contributed by atoms with E-state index in [2.05, 4.69) is 9.79 Å². The lowest BCUT2D eigenvalue weighted by molar-refractivity contribution is -0.990. The van der Waals surface area contributed by atoms with Gasteiger partial charge < -0.3 is 11.0 Å². The number of hydrogen-bond donors (Lipinski definition) is 1. The molecule has 0 rings (SSSR count). The van der Waals surface area contributed by atoms with Gasteiger partial charge in [0.25, 0.3) is 0 Å². The van der Waals surface area contributed by atoms with Crippen LogP contribution in [0.15, 0.2) is 0 Å². The lowest BCUT2D eigenvalue weighted by atomic mass is 11.4. The average Bonchev–Trinajstić information content (AvgIpc) is 1.68. The van der Waals surface area contributed by atoms with Gasteiger partial charge in [-0.2, -0.15) is 4.84 Å². The fourth-order valence-corrected chi connectivity index (χ4v) is 0.0913. The highest BCUT2D eigenvalue weighted by Gasteiger charge is 1.89. The molecule has 0 radical (unpaired) electrons. The fraction of sp³-hybridized carbons (Fsp3) is 0.500. The Hall–Kier alpha value is -0.830. The first-order valence-corrected chi connectivity index (χ1v) is 1.51. The quantitative estimate of drug-likeness (QED) is 0.348. The number of nitrogens with zero attached hydrogens (tertiary/aromatic N) is 1. The monoisotopic (exact) mass is 103 g/mol. The second-order valence-corrected chi connectivity index (χ2v) is 0.715.